The van der Waals surface area contributed by atoms with Gasteiger partial charge in [0.05, 0.1) is 18.1 Å². The number of anilines is 3. The number of hydrogen-bond acceptors (Lipinski definition) is 8. The molecule has 1 aliphatic rings. The third-order valence-electron chi connectivity index (χ3n) is 5.13. The van der Waals surface area contributed by atoms with Gasteiger partial charge in [0.15, 0.2) is 15.5 Å². The maximum absolute atomic E-state index is 12.1. The average Bonchev–Trinajstić information content (AvgIpc) is 2.75. The third-order valence-corrected chi connectivity index (χ3v) is 6.76. The van der Waals surface area contributed by atoms with Crippen LogP contribution in [0, 0.1) is 17.2 Å². The lowest BCUT2D eigenvalue weighted by molar-refractivity contribution is 0.373. The van der Waals surface area contributed by atoms with E-state index in [1.54, 1.807) is 13.1 Å². The fourth-order valence-electron chi connectivity index (χ4n) is 3.40. The van der Waals surface area contributed by atoms with Crippen LogP contribution >= 0.6 is 0 Å². The number of nitriles is 1. The summed E-state index contributed by atoms with van der Waals surface area (Å²) >= 11 is 0. The molecular formula is C20H26N6O2S. The first-order chi connectivity index (χ1) is 14.0. The Morgan fingerprint density at radius 2 is 1.86 bits per heavy atom. The smallest absolute Gasteiger partial charge is 0.158 e. The summed E-state index contributed by atoms with van der Waals surface area (Å²) in [7, 11) is -3.17. The van der Waals surface area contributed by atoms with E-state index in [2.05, 4.69) is 25.6 Å². The summed E-state index contributed by atoms with van der Waals surface area (Å²) in [6, 6.07) is 3.73. The molecule has 0 amide bonds. The van der Waals surface area contributed by atoms with Crippen molar-refractivity contribution in [2.45, 2.75) is 44.8 Å². The molecule has 9 heteroatoms. The van der Waals surface area contributed by atoms with Crippen molar-refractivity contribution in [2.24, 2.45) is 5.92 Å². The Morgan fingerprint density at radius 1 is 1.10 bits per heavy atom. The molecule has 0 unspecified atom stereocenters. The Bertz CT molecular complexity index is 963. The molecule has 1 saturated carbocycles. The molecule has 2 aromatic rings. The van der Waals surface area contributed by atoms with E-state index < -0.39 is 9.84 Å². The van der Waals surface area contributed by atoms with E-state index in [0.717, 1.165) is 12.2 Å². The lowest BCUT2D eigenvalue weighted by Gasteiger charge is -2.23. The zero-order chi connectivity index (χ0) is 20.7. The fraction of sp³-hybridized carbons (Fsp3) is 0.500. The maximum atomic E-state index is 12.1. The van der Waals surface area contributed by atoms with Crippen LogP contribution in [0.15, 0.2) is 24.7 Å². The molecule has 0 atom stereocenters. The molecule has 0 saturated heterocycles. The molecule has 154 valence electrons. The number of aromatic nitrogens is 3. The third kappa shape index (κ3) is 6.12. The van der Waals surface area contributed by atoms with Gasteiger partial charge >= 0.3 is 0 Å². The summed E-state index contributed by atoms with van der Waals surface area (Å²) in [5.74, 6) is 1.65. The highest BCUT2D eigenvalue weighted by molar-refractivity contribution is 7.90. The van der Waals surface area contributed by atoms with Gasteiger partial charge in [0.2, 0.25) is 0 Å². The molecule has 0 radical (unpaired) electrons. The van der Waals surface area contributed by atoms with Gasteiger partial charge in [-0.1, -0.05) is 26.2 Å². The molecule has 2 heterocycles. The van der Waals surface area contributed by atoms with Crippen LogP contribution in [0.3, 0.4) is 0 Å². The maximum Gasteiger partial charge on any atom is 0.158 e. The van der Waals surface area contributed by atoms with Crippen LogP contribution in [-0.4, -0.2) is 35.7 Å². The average molecular weight is 415 g/mol. The number of sulfone groups is 1. The summed E-state index contributed by atoms with van der Waals surface area (Å²) in [5, 5.41) is 15.3. The first-order valence-electron chi connectivity index (χ1n) is 9.91. The molecule has 0 aromatic carbocycles. The minimum absolute atomic E-state index is 0.0412. The van der Waals surface area contributed by atoms with Crippen molar-refractivity contribution in [3.05, 3.63) is 35.9 Å². The predicted molar refractivity (Wildman–Crippen MR) is 112 cm³/mol. The molecule has 0 spiro atoms. The lowest BCUT2D eigenvalue weighted by Crippen LogP contribution is -2.18. The standard InChI is InChI=1S/C20H26N6O2S/c1-2-29(27,28)14-16-11-24-19(26-20-13-22-17(9-21)12-25-20)8-18(16)23-10-15-6-4-3-5-7-15/h8,11-13,15H,2-7,10,14H2,1H3,(H2,23,24,25,26). The fourth-order valence-corrected chi connectivity index (χ4v) is 4.31. The largest absolute Gasteiger partial charge is 0.384 e. The minimum Gasteiger partial charge on any atom is -0.384 e. The van der Waals surface area contributed by atoms with Crippen LogP contribution in [-0.2, 0) is 15.6 Å². The number of nitrogens with zero attached hydrogens (tertiary/aromatic N) is 4. The van der Waals surface area contributed by atoms with Crippen molar-refractivity contribution in [3.63, 3.8) is 0 Å². The highest BCUT2D eigenvalue weighted by Gasteiger charge is 2.17. The quantitative estimate of drug-likeness (QED) is 0.674. The molecule has 2 N–H and O–H groups in total. The summed E-state index contributed by atoms with van der Waals surface area (Å²) in [4.78, 5) is 12.5. The van der Waals surface area contributed by atoms with E-state index in [0.29, 0.717) is 23.1 Å². The Kier molecular flexibility index (Phi) is 6.99. The van der Waals surface area contributed by atoms with E-state index in [9.17, 15) is 8.42 Å². The number of nitrogens with one attached hydrogen (secondary N) is 2. The normalized spacial score (nSPS) is 14.9. The van der Waals surface area contributed by atoms with Gasteiger partial charge in [-0.2, -0.15) is 5.26 Å². The van der Waals surface area contributed by atoms with Crippen LogP contribution in [0.1, 0.15) is 50.3 Å². The lowest BCUT2D eigenvalue weighted by atomic mass is 9.89. The Hall–Kier alpha value is -2.73. The van der Waals surface area contributed by atoms with Crippen LogP contribution in [0.4, 0.5) is 17.3 Å². The number of rotatable bonds is 8. The minimum atomic E-state index is -3.17. The van der Waals surface area contributed by atoms with E-state index in [-0.39, 0.29) is 17.2 Å². The molecule has 29 heavy (non-hydrogen) atoms. The monoisotopic (exact) mass is 414 g/mol. The van der Waals surface area contributed by atoms with Crippen LogP contribution < -0.4 is 10.6 Å². The van der Waals surface area contributed by atoms with Crippen molar-refractivity contribution in [1.82, 2.24) is 15.0 Å². The van der Waals surface area contributed by atoms with Crippen LogP contribution in [0.25, 0.3) is 0 Å². The van der Waals surface area contributed by atoms with Crippen LogP contribution in [0.2, 0.25) is 0 Å². The second-order valence-electron chi connectivity index (χ2n) is 7.31. The van der Waals surface area contributed by atoms with E-state index in [4.69, 9.17) is 5.26 Å². The molecule has 1 aliphatic carbocycles. The Morgan fingerprint density at radius 3 is 2.52 bits per heavy atom. The second-order valence-corrected chi connectivity index (χ2v) is 9.67. The molecule has 8 nitrogen and oxygen atoms in total. The SMILES string of the molecule is CCS(=O)(=O)Cc1cnc(Nc2cnc(C#N)cn2)cc1NCC1CCCCC1. The van der Waals surface area contributed by atoms with Gasteiger partial charge in [-0.25, -0.2) is 23.4 Å². The summed E-state index contributed by atoms with van der Waals surface area (Å²) in [6.07, 6.45) is 10.6. The Labute approximate surface area is 171 Å². The predicted octanol–water partition coefficient (Wildman–Crippen LogP) is 3.41. The molecule has 0 bridgehead atoms. The zero-order valence-corrected chi connectivity index (χ0v) is 17.4. The topological polar surface area (TPSA) is 121 Å². The first kappa shape index (κ1) is 21.0. The van der Waals surface area contributed by atoms with Gasteiger partial charge in [-0.3, -0.25) is 0 Å². The van der Waals surface area contributed by atoms with Crippen molar-refractivity contribution in [3.8, 4) is 6.07 Å². The van der Waals surface area contributed by atoms with Gasteiger partial charge in [0.1, 0.15) is 17.7 Å². The molecule has 2 aromatic heterocycles. The van der Waals surface area contributed by atoms with Crippen molar-refractivity contribution < 1.29 is 8.42 Å². The van der Waals surface area contributed by atoms with Crippen molar-refractivity contribution in [2.75, 3.05) is 22.9 Å². The second kappa shape index (κ2) is 9.65. The van der Waals surface area contributed by atoms with E-state index >= 15 is 0 Å². The summed E-state index contributed by atoms with van der Waals surface area (Å²) in [6.45, 7) is 2.47. The highest BCUT2D eigenvalue weighted by atomic mass is 32.2. The molecule has 0 aliphatic heterocycles. The highest BCUT2D eigenvalue weighted by Crippen LogP contribution is 2.27. The number of pyridine rings is 1. The molecule has 3 rings (SSSR count). The van der Waals surface area contributed by atoms with Crippen LogP contribution in [0.5, 0.6) is 0 Å². The Balaban J connectivity index is 1.79. The van der Waals surface area contributed by atoms with Crippen molar-refractivity contribution >= 4 is 27.2 Å². The van der Waals surface area contributed by atoms with Gasteiger partial charge in [0.25, 0.3) is 0 Å². The zero-order valence-electron chi connectivity index (χ0n) is 16.6. The summed E-state index contributed by atoms with van der Waals surface area (Å²) in [5.41, 5.74) is 1.67. The summed E-state index contributed by atoms with van der Waals surface area (Å²) < 4.78 is 24.3. The molecular weight excluding hydrogens is 388 g/mol. The van der Waals surface area contributed by atoms with Gasteiger partial charge in [-0.15, -0.1) is 0 Å². The molecule has 1 fully saturated rings. The van der Waals surface area contributed by atoms with Crippen molar-refractivity contribution in [1.29, 1.82) is 5.26 Å². The van der Waals surface area contributed by atoms with Gasteiger partial charge < -0.3 is 10.6 Å². The van der Waals surface area contributed by atoms with Gasteiger partial charge in [0, 0.05) is 35.8 Å². The first-order valence-corrected chi connectivity index (χ1v) is 11.7. The van der Waals surface area contributed by atoms with E-state index in [1.165, 1.54) is 44.5 Å². The van der Waals surface area contributed by atoms with E-state index in [1.807, 2.05) is 12.1 Å². The van der Waals surface area contributed by atoms with Gasteiger partial charge in [-0.05, 0) is 18.8 Å². The number of hydrogen-bond donors (Lipinski definition) is 2.